The predicted molar refractivity (Wildman–Crippen MR) is 70.6 cm³/mol. The fraction of sp³-hybridized carbons (Fsp3) is 0.462. The molecule has 1 aromatic rings. The minimum absolute atomic E-state index is 0.129. The van der Waals surface area contributed by atoms with Crippen LogP contribution < -0.4 is 0 Å². The van der Waals surface area contributed by atoms with Crippen molar-refractivity contribution in [2.75, 3.05) is 7.05 Å². The number of hydrogen-bond acceptors (Lipinski definition) is 4. The van der Waals surface area contributed by atoms with E-state index in [0.717, 1.165) is 0 Å². The average Bonchev–Trinajstić information content (AvgIpc) is 2.36. The lowest BCUT2D eigenvalue weighted by molar-refractivity contribution is 0.123. The average molecular weight is 251 g/mol. The van der Waals surface area contributed by atoms with Gasteiger partial charge >= 0.3 is 0 Å². The SMILES string of the molecule is C=NOC(=NC)c1ccc(C(C)(F)C(C)C)cn1. The van der Waals surface area contributed by atoms with E-state index >= 15 is 0 Å². The topological polar surface area (TPSA) is 46.8 Å². The van der Waals surface area contributed by atoms with Crippen molar-refractivity contribution in [2.45, 2.75) is 26.4 Å². The largest absolute Gasteiger partial charge is 0.335 e. The zero-order valence-electron chi connectivity index (χ0n) is 11.1. The molecular formula is C13H18FN3O. The lowest BCUT2D eigenvalue weighted by Gasteiger charge is -2.24. The zero-order chi connectivity index (χ0) is 13.8. The first-order chi connectivity index (χ1) is 8.43. The summed E-state index contributed by atoms with van der Waals surface area (Å²) in [6.45, 7) is 8.42. The van der Waals surface area contributed by atoms with Gasteiger partial charge in [0.05, 0.1) is 0 Å². The van der Waals surface area contributed by atoms with Crippen LogP contribution in [0.3, 0.4) is 0 Å². The van der Waals surface area contributed by atoms with Crippen LogP contribution >= 0.6 is 0 Å². The molecule has 1 rings (SSSR count). The minimum atomic E-state index is -1.41. The molecule has 0 N–H and O–H groups in total. The lowest BCUT2D eigenvalue weighted by Crippen LogP contribution is -2.23. The van der Waals surface area contributed by atoms with Crippen LogP contribution in [0.1, 0.15) is 32.0 Å². The third-order valence-electron chi connectivity index (χ3n) is 2.99. The van der Waals surface area contributed by atoms with Gasteiger partial charge in [-0.2, -0.15) is 0 Å². The standard InChI is InChI=1S/C13H18FN3O/c1-9(2)13(3,14)10-6-7-11(17-8-10)12(15-4)18-16-5/h6-9H,5H2,1-4H3. The Hall–Kier alpha value is -1.78. The molecule has 0 aromatic carbocycles. The smallest absolute Gasteiger partial charge is 0.269 e. The monoisotopic (exact) mass is 251 g/mol. The van der Waals surface area contributed by atoms with E-state index in [9.17, 15) is 4.39 Å². The highest BCUT2D eigenvalue weighted by Crippen LogP contribution is 2.32. The van der Waals surface area contributed by atoms with E-state index in [4.69, 9.17) is 4.84 Å². The van der Waals surface area contributed by atoms with E-state index in [2.05, 4.69) is 21.8 Å². The summed E-state index contributed by atoms with van der Waals surface area (Å²) < 4.78 is 14.4. The number of hydrogen-bond donors (Lipinski definition) is 0. The van der Waals surface area contributed by atoms with Crippen molar-refractivity contribution in [2.24, 2.45) is 16.1 Å². The maximum absolute atomic E-state index is 14.4. The van der Waals surface area contributed by atoms with E-state index in [1.807, 2.05) is 13.8 Å². The second-order valence-corrected chi connectivity index (χ2v) is 4.41. The number of alkyl halides is 1. The first-order valence-electron chi connectivity index (χ1n) is 5.69. The molecule has 98 valence electrons. The van der Waals surface area contributed by atoms with Gasteiger partial charge in [-0.3, -0.25) is 9.98 Å². The normalized spacial score (nSPS) is 15.3. The maximum atomic E-state index is 14.4. The van der Waals surface area contributed by atoms with Crippen LogP contribution in [-0.2, 0) is 10.5 Å². The van der Waals surface area contributed by atoms with Crippen LogP contribution in [0.25, 0.3) is 0 Å². The third-order valence-corrected chi connectivity index (χ3v) is 2.99. The van der Waals surface area contributed by atoms with Gasteiger partial charge < -0.3 is 4.84 Å². The molecule has 0 aliphatic carbocycles. The van der Waals surface area contributed by atoms with Crippen molar-refractivity contribution in [3.05, 3.63) is 29.6 Å². The highest BCUT2D eigenvalue weighted by molar-refractivity contribution is 5.92. The molecule has 1 heterocycles. The Morgan fingerprint density at radius 3 is 2.56 bits per heavy atom. The third kappa shape index (κ3) is 2.91. The summed E-state index contributed by atoms with van der Waals surface area (Å²) >= 11 is 0. The van der Waals surface area contributed by atoms with Crippen LogP contribution in [0.4, 0.5) is 4.39 Å². The molecule has 0 amide bonds. The molecule has 1 aromatic heterocycles. The highest BCUT2D eigenvalue weighted by atomic mass is 19.1. The second-order valence-electron chi connectivity index (χ2n) is 4.41. The number of nitrogens with zero attached hydrogens (tertiary/aromatic N) is 3. The van der Waals surface area contributed by atoms with Crippen molar-refractivity contribution in [1.29, 1.82) is 0 Å². The van der Waals surface area contributed by atoms with Gasteiger partial charge in [-0.05, 0) is 18.9 Å². The Balaban J connectivity index is 3.03. The van der Waals surface area contributed by atoms with Crippen LogP contribution in [0.2, 0.25) is 0 Å². The molecular weight excluding hydrogens is 233 g/mol. The number of halogens is 1. The minimum Gasteiger partial charge on any atom is -0.335 e. The Morgan fingerprint density at radius 2 is 2.17 bits per heavy atom. The number of oxime groups is 1. The molecule has 4 nitrogen and oxygen atoms in total. The van der Waals surface area contributed by atoms with Gasteiger partial charge in [0.15, 0.2) is 0 Å². The molecule has 0 radical (unpaired) electrons. The summed E-state index contributed by atoms with van der Waals surface area (Å²) in [5.74, 6) is 0.122. The van der Waals surface area contributed by atoms with Crippen molar-refractivity contribution in [1.82, 2.24) is 4.98 Å². The molecule has 0 spiro atoms. The molecule has 0 fully saturated rings. The summed E-state index contributed by atoms with van der Waals surface area (Å²) in [7, 11) is 1.56. The molecule has 1 unspecified atom stereocenters. The number of aromatic nitrogens is 1. The van der Waals surface area contributed by atoms with Gasteiger partial charge in [-0.25, -0.2) is 4.39 Å². The quantitative estimate of drug-likeness (QED) is 0.469. The van der Waals surface area contributed by atoms with E-state index in [-0.39, 0.29) is 11.8 Å². The number of pyridine rings is 1. The molecule has 0 saturated carbocycles. The molecule has 0 aliphatic rings. The van der Waals surface area contributed by atoms with Crippen LogP contribution in [-0.4, -0.2) is 24.6 Å². The lowest BCUT2D eigenvalue weighted by atomic mass is 9.88. The first kappa shape index (κ1) is 14.3. The summed E-state index contributed by atoms with van der Waals surface area (Å²) in [4.78, 5) is 12.9. The van der Waals surface area contributed by atoms with E-state index in [1.165, 1.54) is 6.20 Å². The van der Waals surface area contributed by atoms with E-state index in [0.29, 0.717) is 11.3 Å². The van der Waals surface area contributed by atoms with Crippen LogP contribution in [0, 0.1) is 5.92 Å². The molecule has 1 atom stereocenters. The highest BCUT2D eigenvalue weighted by Gasteiger charge is 2.30. The summed E-state index contributed by atoms with van der Waals surface area (Å²) in [5.41, 5.74) is -0.386. The summed E-state index contributed by atoms with van der Waals surface area (Å²) in [6, 6.07) is 3.34. The summed E-state index contributed by atoms with van der Waals surface area (Å²) in [5, 5.41) is 3.29. The maximum Gasteiger partial charge on any atom is 0.269 e. The molecule has 0 aliphatic heterocycles. The summed E-state index contributed by atoms with van der Waals surface area (Å²) in [6.07, 6.45) is 1.49. The first-order valence-corrected chi connectivity index (χ1v) is 5.69. The zero-order valence-corrected chi connectivity index (χ0v) is 11.1. The van der Waals surface area contributed by atoms with Gasteiger partial charge in [-0.15, -0.1) is 0 Å². The van der Waals surface area contributed by atoms with Crippen molar-refractivity contribution in [3.8, 4) is 0 Å². The Morgan fingerprint density at radius 1 is 1.50 bits per heavy atom. The van der Waals surface area contributed by atoms with E-state index < -0.39 is 5.67 Å². The van der Waals surface area contributed by atoms with E-state index in [1.54, 1.807) is 26.1 Å². The molecule has 5 heteroatoms. The number of rotatable bonds is 4. The van der Waals surface area contributed by atoms with Gasteiger partial charge in [-0.1, -0.05) is 25.1 Å². The fourth-order valence-corrected chi connectivity index (χ4v) is 1.41. The molecule has 0 saturated heterocycles. The van der Waals surface area contributed by atoms with Gasteiger partial charge in [0.1, 0.15) is 11.4 Å². The fourth-order valence-electron chi connectivity index (χ4n) is 1.41. The molecule has 18 heavy (non-hydrogen) atoms. The Kier molecular flexibility index (Phi) is 4.53. The second kappa shape index (κ2) is 5.71. The van der Waals surface area contributed by atoms with Crippen LogP contribution in [0.15, 0.2) is 28.5 Å². The molecule has 0 bridgehead atoms. The van der Waals surface area contributed by atoms with Crippen molar-refractivity contribution < 1.29 is 9.23 Å². The van der Waals surface area contributed by atoms with Gasteiger partial charge in [0.25, 0.3) is 5.90 Å². The Labute approximate surface area is 107 Å². The predicted octanol–water partition coefficient (Wildman–Crippen LogP) is 2.93. The van der Waals surface area contributed by atoms with Crippen LogP contribution in [0.5, 0.6) is 0 Å². The van der Waals surface area contributed by atoms with Crippen molar-refractivity contribution in [3.63, 3.8) is 0 Å². The Bertz CT molecular complexity index is 438. The van der Waals surface area contributed by atoms with Gasteiger partial charge in [0.2, 0.25) is 0 Å². The number of aliphatic imine (C=N–C) groups is 1. The van der Waals surface area contributed by atoms with Gasteiger partial charge in [0, 0.05) is 25.5 Å². The van der Waals surface area contributed by atoms with Crippen molar-refractivity contribution >= 4 is 12.6 Å².